The molecular formula is C23H26N4O4. The van der Waals surface area contributed by atoms with Crippen LogP contribution < -0.4 is 14.3 Å². The quantitative estimate of drug-likeness (QED) is 0.555. The van der Waals surface area contributed by atoms with Gasteiger partial charge in [-0.25, -0.2) is 4.79 Å². The Kier molecular flexibility index (Phi) is 7.00. The van der Waals surface area contributed by atoms with Crippen molar-refractivity contribution < 1.29 is 19.1 Å². The van der Waals surface area contributed by atoms with Gasteiger partial charge in [0.15, 0.2) is 0 Å². The first-order chi connectivity index (χ1) is 15.3. The summed E-state index contributed by atoms with van der Waals surface area (Å²) < 4.78 is 11.2. The van der Waals surface area contributed by atoms with E-state index in [4.69, 9.17) is 14.3 Å². The zero-order chi connectivity index (χ0) is 21.3. The van der Waals surface area contributed by atoms with Gasteiger partial charge in [-0.1, -0.05) is 12.1 Å². The molecule has 0 saturated carbocycles. The molecular weight excluding hydrogens is 396 g/mol. The molecule has 8 nitrogen and oxygen atoms in total. The largest absolute Gasteiger partial charge is 0.492 e. The predicted molar refractivity (Wildman–Crippen MR) is 114 cm³/mol. The monoisotopic (exact) mass is 422 g/mol. The molecule has 1 saturated heterocycles. The van der Waals surface area contributed by atoms with Crippen molar-refractivity contribution in [3.8, 4) is 11.5 Å². The van der Waals surface area contributed by atoms with Gasteiger partial charge in [-0.15, -0.1) is 9.94 Å². The van der Waals surface area contributed by atoms with E-state index in [-0.39, 0.29) is 6.09 Å². The van der Waals surface area contributed by atoms with Gasteiger partial charge in [0, 0.05) is 25.7 Å². The summed E-state index contributed by atoms with van der Waals surface area (Å²) in [6.07, 6.45) is 9.08. The van der Waals surface area contributed by atoms with Crippen LogP contribution in [0.5, 0.6) is 11.5 Å². The number of piperidine rings is 1. The number of carbonyl (C=O) groups is 1. The van der Waals surface area contributed by atoms with Crippen LogP contribution in [0.25, 0.3) is 0 Å². The summed E-state index contributed by atoms with van der Waals surface area (Å²) >= 11 is 0. The maximum atomic E-state index is 12.5. The average Bonchev–Trinajstić information content (AvgIpc) is 3.34. The Morgan fingerprint density at radius 1 is 1.03 bits per heavy atom. The Morgan fingerprint density at radius 2 is 1.87 bits per heavy atom. The number of pyridine rings is 1. The number of rotatable bonds is 8. The summed E-state index contributed by atoms with van der Waals surface area (Å²) in [7, 11) is 0. The molecule has 2 aromatic heterocycles. The number of benzene rings is 1. The van der Waals surface area contributed by atoms with E-state index in [0.29, 0.717) is 38.0 Å². The number of hydrogen-bond acceptors (Lipinski definition) is 6. The van der Waals surface area contributed by atoms with Crippen LogP contribution in [0.1, 0.15) is 18.4 Å². The van der Waals surface area contributed by atoms with Crippen molar-refractivity contribution in [3.05, 3.63) is 72.8 Å². The van der Waals surface area contributed by atoms with E-state index < -0.39 is 0 Å². The van der Waals surface area contributed by atoms with Crippen LogP contribution in [-0.2, 0) is 6.42 Å². The van der Waals surface area contributed by atoms with Crippen LogP contribution in [0.15, 0.2) is 67.3 Å². The number of nitrogens with zero attached hydrogens (tertiary/aromatic N) is 4. The Hall–Kier alpha value is -3.55. The molecule has 4 rings (SSSR count). The second kappa shape index (κ2) is 10.5. The van der Waals surface area contributed by atoms with Gasteiger partial charge < -0.3 is 19.2 Å². The Balaban J connectivity index is 1.16. The molecule has 0 N–H and O–H groups in total. The van der Waals surface area contributed by atoms with E-state index in [1.807, 2.05) is 42.5 Å². The first-order valence-electron chi connectivity index (χ1n) is 10.5. The van der Waals surface area contributed by atoms with Crippen molar-refractivity contribution >= 4 is 6.09 Å². The predicted octanol–water partition coefficient (Wildman–Crippen LogP) is 3.24. The SMILES string of the molecule is O=C(Oc1ccc(CCOc2cccnc2)cc1)N1CCC(COn2cccn2)CC1. The van der Waals surface area contributed by atoms with Gasteiger partial charge in [0.2, 0.25) is 0 Å². The smallest absolute Gasteiger partial charge is 0.415 e. The van der Waals surface area contributed by atoms with Crippen molar-refractivity contribution in [1.82, 2.24) is 19.8 Å². The Bertz CT molecular complexity index is 924. The lowest BCUT2D eigenvalue weighted by molar-refractivity contribution is 0.0366. The number of carbonyl (C=O) groups excluding carboxylic acids is 1. The zero-order valence-corrected chi connectivity index (χ0v) is 17.3. The van der Waals surface area contributed by atoms with Crippen molar-refractivity contribution in [1.29, 1.82) is 0 Å². The lowest BCUT2D eigenvalue weighted by Gasteiger charge is -2.30. The fourth-order valence-corrected chi connectivity index (χ4v) is 3.40. The highest BCUT2D eigenvalue weighted by Gasteiger charge is 2.24. The third kappa shape index (κ3) is 6.21. The fraction of sp³-hybridized carbons (Fsp3) is 0.348. The average molecular weight is 422 g/mol. The van der Waals surface area contributed by atoms with Crippen LogP contribution in [-0.4, -0.2) is 52.2 Å². The molecule has 0 atom stereocenters. The minimum absolute atomic E-state index is 0.306. The molecule has 162 valence electrons. The van der Waals surface area contributed by atoms with E-state index in [9.17, 15) is 4.79 Å². The van der Waals surface area contributed by atoms with Gasteiger partial charge in [-0.3, -0.25) is 4.98 Å². The molecule has 0 unspecified atom stereocenters. The molecule has 0 radical (unpaired) electrons. The van der Waals surface area contributed by atoms with Gasteiger partial charge in [-0.2, -0.15) is 0 Å². The summed E-state index contributed by atoms with van der Waals surface area (Å²) in [5, 5.41) is 4.03. The topological polar surface area (TPSA) is 78.7 Å². The van der Waals surface area contributed by atoms with Crippen molar-refractivity contribution in [3.63, 3.8) is 0 Å². The molecule has 1 aliphatic rings. The third-order valence-corrected chi connectivity index (χ3v) is 5.22. The number of ether oxygens (including phenoxy) is 2. The zero-order valence-electron chi connectivity index (χ0n) is 17.3. The molecule has 0 aliphatic carbocycles. The molecule has 8 heteroatoms. The standard InChI is InChI=1S/C23H26N4O4/c28-23(26-14-8-20(9-15-26)18-30-27-13-2-12-25-27)31-21-6-4-19(5-7-21)10-16-29-22-3-1-11-24-17-22/h1-7,11-13,17,20H,8-10,14-16,18H2. The minimum Gasteiger partial charge on any atom is -0.492 e. The summed E-state index contributed by atoms with van der Waals surface area (Å²) in [5.41, 5.74) is 1.11. The van der Waals surface area contributed by atoms with Crippen LogP contribution in [0, 0.1) is 5.92 Å². The molecule has 0 bridgehead atoms. The molecule has 1 fully saturated rings. The second-order valence-corrected chi connectivity index (χ2v) is 7.43. The van der Waals surface area contributed by atoms with Gasteiger partial charge >= 0.3 is 6.09 Å². The molecule has 0 spiro atoms. The third-order valence-electron chi connectivity index (χ3n) is 5.22. The first-order valence-corrected chi connectivity index (χ1v) is 10.5. The van der Waals surface area contributed by atoms with Crippen molar-refractivity contribution in [2.75, 3.05) is 26.3 Å². The summed E-state index contributed by atoms with van der Waals surface area (Å²) in [4.78, 5) is 25.3. The number of hydrogen-bond donors (Lipinski definition) is 0. The summed E-state index contributed by atoms with van der Waals surface area (Å²) in [6, 6.07) is 13.1. The van der Waals surface area contributed by atoms with Gasteiger partial charge in [0.25, 0.3) is 0 Å². The maximum absolute atomic E-state index is 12.5. The summed E-state index contributed by atoms with van der Waals surface area (Å²) in [5.74, 6) is 1.71. The number of aromatic nitrogens is 3. The minimum atomic E-state index is -0.306. The van der Waals surface area contributed by atoms with Crippen molar-refractivity contribution in [2.45, 2.75) is 19.3 Å². The highest BCUT2D eigenvalue weighted by molar-refractivity contribution is 5.70. The van der Waals surface area contributed by atoms with Crippen LogP contribution in [0.3, 0.4) is 0 Å². The lowest BCUT2D eigenvalue weighted by atomic mass is 9.98. The van der Waals surface area contributed by atoms with Gasteiger partial charge in [0.1, 0.15) is 18.1 Å². The van der Waals surface area contributed by atoms with Gasteiger partial charge in [-0.05, 0) is 54.7 Å². The maximum Gasteiger partial charge on any atom is 0.415 e. The van der Waals surface area contributed by atoms with E-state index >= 15 is 0 Å². The van der Waals surface area contributed by atoms with Crippen LogP contribution in [0.2, 0.25) is 0 Å². The Morgan fingerprint density at radius 3 is 2.58 bits per heavy atom. The van der Waals surface area contributed by atoms with Crippen molar-refractivity contribution in [2.24, 2.45) is 5.92 Å². The van der Waals surface area contributed by atoms with E-state index in [1.165, 1.54) is 4.85 Å². The lowest BCUT2D eigenvalue weighted by Crippen LogP contribution is -2.41. The van der Waals surface area contributed by atoms with E-state index in [2.05, 4.69) is 10.1 Å². The molecule has 1 amide bonds. The number of amides is 1. The van der Waals surface area contributed by atoms with Crippen LogP contribution >= 0.6 is 0 Å². The normalized spacial score (nSPS) is 14.3. The molecule has 3 heterocycles. The fourth-order valence-electron chi connectivity index (χ4n) is 3.40. The molecule has 1 aromatic carbocycles. The van der Waals surface area contributed by atoms with E-state index in [0.717, 1.165) is 30.6 Å². The Labute approximate surface area is 181 Å². The molecule has 3 aromatic rings. The number of likely N-dealkylation sites (tertiary alicyclic amines) is 1. The second-order valence-electron chi connectivity index (χ2n) is 7.43. The first kappa shape index (κ1) is 20.7. The molecule has 31 heavy (non-hydrogen) atoms. The highest BCUT2D eigenvalue weighted by Crippen LogP contribution is 2.19. The van der Waals surface area contributed by atoms with Crippen LogP contribution in [0.4, 0.5) is 4.79 Å². The van der Waals surface area contributed by atoms with E-state index in [1.54, 1.807) is 29.7 Å². The van der Waals surface area contributed by atoms with Gasteiger partial charge in [0.05, 0.1) is 25.2 Å². The molecule has 1 aliphatic heterocycles. The summed E-state index contributed by atoms with van der Waals surface area (Å²) in [6.45, 7) is 2.48. The highest BCUT2D eigenvalue weighted by atomic mass is 16.7.